The van der Waals surface area contributed by atoms with Crippen molar-refractivity contribution < 1.29 is 14.7 Å². The van der Waals surface area contributed by atoms with Crippen LogP contribution in [0.25, 0.3) is 5.69 Å². The molecule has 1 saturated heterocycles. The average Bonchev–Trinajstić information content (AvgIpc) is 2.90. The maximum absolute atomic E-state index is 12.9. The first-order valence-corrected chi connectivity index (χ1v) is 8.73. The topological polar surface area (TPSA) is 62.5 Å². The third-order valence-electron chi connectivity index (χ3n) is 4.88. The third kappa shape index (κ3) is 3.42. The van der Waals surface area contributed by atoms with Crippen LogP contribution in [0, 0.1) is 19.8 Å². The number of halogens is 1. The maximum Gasteiger partial charge on any atom is 0.306 e. The van der Waals surface area contributed by atoms with E-state index in [1.807, 2.05) is 48.7 Å². The highest BCUT2D eigenvalue weighted by atomic mass is 35.5. The Labute approximate surface area is 151 Å². The van der Waals surface area contributed by atoms with Gasteiger partial charge in [0.1, 0.15) is 0 Å². The molecule has 2 aromatic rings. The number of aromatic nitrogens is 1. The fourth-order valence-corrected chi connectivity index (χ4v) is 3.59. The van der Waals surface area contributed by atoms with E-state index in [4.69, 9.17) is 16.7 Å². The summed E-state index contributed by atoms with van der Waals surface area (Å²) in [7, 11) is 0. The lowest BCUT2D eigenvalue weighted by molar-refractivity contribution is -0.143. The Morgan fingerprint density at radius 1 is 1.12 bits per heavy atom. The van der Waals surface area contributed by atoms with E-state index in [0.29, 0.717) is 36.5 Å². The van der Waals surface area contributed by atoms with Crippen molar-refractivity contribution in [1.29, 1.82) is 0 Å². The molecule has 1 aromatic carbocycles. The van der Waals surface area contributed by atoms with Gasteiger partial charge < -0.3 is 14.6 Å². The predicted octanol–water partition coefficient (Wildman–Crippen LogP) is 3.68. The number of hydrogen-bond acceptors (Lipinski definition) is 2. The first-order valence-electron chi connectivity index (χ1n) is 8.35. The van der Waals surface area contributed by atoms with E-state index in [1.54, 1.807) is 4.90 Å². The zero-order valence-electron chi connectivity index (χ0n) is 14.3. The van der Waals surface area contributed by atoms with Crippen LogP contribution in [0.3, 0.4) is 0 Å². The van der Waals surface area contributed by atoms with Crippen LogP contribution in [0.15, 0.2) is 30.3 Å². The molecule has 1 aromatic heterocycles. The van der Waals surface area contributed by atoms with Gasteiger partial charge in [0.25, 0.3) is 5.91 Å². The number of piperidine rings is 1. The molecule has 0 unspecified atom stereocenters. The molecule has 1 N–H and O–H groups in total. The zero-order valence-corrected chi connectivity index (χ0v) is 15.1. The Morgan fingerprint density at radius 2 is 1.72 bits per heavy atom. The molecule has 1 aliphatic heterocycles. The second kappa shape index (κ2) is 6.92. The molecule has 0 spiro atoms. The summed E-state index contributed by atoms with van der Waals surface area (Å²) in [5.74, 6) is -1.14. The molecule has 0 aliphatic carbocycles. The Hall–Kier alpha value is -2.27. The van der Waals surface area contributed by atoms with Crippen molar-refractivity contribution in [3.63, 3.8) is 0 Å². The van der Waals surface area contributed by atoms with E-state index in [-0.39, 0.29) is 11.8 Å². The summed E-state index contributed by atoms with van der Waals surface area (Å²) in [4.78, 5) is 25.7. The van der Waals surface area contributed by atoms with E-state index in [1.165, 1.54) is 0 Å². The van der Waals surface area contributed by atoms with Gasteiger partial charge in [0.2, 0.25) is 0 Å². The normalized spacial score (nSPS) is 15.4. The van der Waals surface area contributed by atoms with Crippen molar-refractivity contribution >= 4 is 23.5 Å². The number of aryl methyl sites for hydroxylation is 1. The number of carbonyl (C=O) groups excluding carboxylic acids is 1. The number of rotatable bonds is 3. The molecular weight excluding hydrogens is 340 g/mol. The summed E-state index contributed by atoms with van der Waals surface area (Å²) in [5.41, 5.74) is 3.48. The fraction of sp³-hybridized carbons (Fsp3) is 0.368. The van der Waals surface area contributed by atoms with E-state index in [2.05, 4.69) is 0 Å². The summed E-state index contributed by atoms with van der Waals surface area (Å²) in [6.45, 7) is 4.87. The Balaban J connectivity index is 1.84. The minimum Gasteiger partial charge on any atom is -0.481 e. The molecule has 1 fully saturated rings. The van der Waals surface area contributed by atoms with Crippen LogP contribution in [0.2, 0.25) is 5.02 Å². The average molecular weight is 361 g/mol. The molecule has 5 nitrogen and oxygen atoms in total. The summed E-state index contributed by atoms with van der Waals surface area (Å²) >= 11 is 5.96. The molecule has 0 bridgehead atoms. The maximum atomic E-state index is 12.9. The Morgan fingerprint density at radius 3 is 2.28 bits per heavy atom. The fourth-order valence-electron chi connectivity index (χ4n) is 3.47. The van der Waals surface area contributed by atoms with Crippen LogP contribution in [0.4, 0.5) is 0 Å². The molecule has 2 heterocycles. The molecule has 25 heavy (non-hydrogen) atoms. The minimum atomic E-state index is -0.770. The van der Waals surface area contributed by atoms with Gasteiger partial charge in [-0.15, -0.1) is 0 Å². The minimum absolute atomic E-state index is 0.0304. The smallest absolute Gasteiger partial charge is 0.306 e. The number of aliphatic carboxylic acids is 1. The van der Waals surface area contributed by atoms with E-state index in [0.717, 1.165) is 17.1 Å². The molecule has 6 heteroatoms. The lowest BCUT2D eigenvalue weighted by Gasteiger charge is -2.30. The van der Waals surface area contributed by atoms with Crippen LogP contribution in [0.5, 0.6) is 0 Å². The highest BCUT2D eigenvalue weighted by Gasteiger charge is 2.29. The van der Waals surface area contributed by atoms with Gasteiger partial charge in [0, 0.05) is 35.2 Å². The number of carboxylic acid groups (broad SMARTS) is 1. The van der Waals surface area contributed by atoms with Crippen LogP contribution in [-0.4, -0.2) is 39.5 Å². The van der Waals surface area contributed by atoms with Gasteiger partial charge >= 0.3 is 5.97 Å². The van der Waals surface area contributed by atoms with Crippen molar-refractivity contribution in [2.45, 2.75) is 26.7 Å². The van der Waals surface area contributed by atoms with Crippen molar-refractivity contribution in [2.24, 2.45) is 5.92 Å². The number of carboxylic acids is 1. The highest BCUT2D eigenvalue weighted by Crippen LogP contribution is 2.25. The SMILES string of the molecule is Cc1cc(C(=O)N2CCC(C(=O)O)CC2)c(C)n1-c1ccc(Cl)cc1. The number of likely N-dealkylation sites (tertiary alicyclic amines) is 1. The highest BCUT2D eigenvalue weighted by molar-refractivity contribution is 6.30. The number of hydrogen-bond donors (Lipinski definition) is 1. The second-order valence-corrected chi connectivity index (χ2v) is 6.94. The van der Waals surface area contributed by atoms with E-state index in [9.17, 15) is 9.59 Å². The van der Waals surface area contributed by atoms with Gasteiger partial charge in [-0.2, -0.15) is 0 Å². The molecule has 132 valence electrons. The number of carbonyl (C=O) groups is 2. The van der Waals surface area contributed by atoms with Crippen LogP contribution < -0.4 is 0 Å². The summed E-state index contributed by atoms with van der Waals surface area (Å²) < 4.78 is 2.04. The molecule has 1 amide bonds. The first-order chi connectivity index (χ1) is 11.9. The lowest BCUT2D eigenvalue weighted by atomic mass is 9.96. The van der Waals surface area contributed by atoms with Crippen LogP contribution >= 0.6 is 11.6 Å². The molecule has 0 atom stereocenters. The van der Waals surface area contributed by atoms with Gasteiger partial charge in [0.05, 0.1) is 11.5 Å². The monoisotopic (exact) mass is 360 g/mol. The van der Waals surface area contributed by atoms with Crippen LogP contribution in [0.1, 0.15) is 34.6 Å². The predicted molar refractivity (Wildman–Crippen MR) is 96.5 cm³/mol. The van der Waals surface area contributed by atoms with Gasteiger partial charge in [0.15, 0.2) is 0 Å². The molecule has 1 aliphatic rings. The second-order valence-electron chi connectivity index (χ2n) is 6.50. The summed E-state index contributed by atoms with van der Waals surface area (Å²) in [6, 6.07) is 9.40. The molecular formula is C19H21ClN2O3. The largest absolute Gasteiger partial charge is 0.481 e. The summed E-state index contributed by atoms with van der Waals surface area (Å²) in [5, 5.41) is 9.76. The standard InChI is InChI=1S/C19H21ClN2O3/c1-12-11-17(13(2)22(12)16-5-3-15(20)4-6-16)18(23)21-9-7-14(8-10-21)19(24)25/h3-6,11,14H,7-10H2,1-2H3,(H,24,25). The molecule has 0 saturated carbocycles. The van der Waals surface area contributed by atoms with Crippen molar-refractivity contribution in [1.82, 2.24) is 9.47 Å². The third-order valence-corrected chi connectivity index (χ3v) is 5.13. The molecule has 3 rings (SSSR count). The van der Waals surface area contributed by atoms with Crippen molar-refractivity contribution in [2.75, 3.05) is 13.1 Å². The zero-order chi connectivity index (χ0) is 18.1. The van der Waals surface area contributed by atoms with Crippen molar-refractivity contribution in [3.05, 3.63) is 52.3 Å². The Bertz CT molecular complexity index is 803. The van der Waals surface area contributed by atoms with Gasteiger partial charge in [-0.05, 0) is 57.0 Å². The van der Waals surface area contributed by atoms with E-state index < -0.39 is 5.97 Å². The lowest BCUT2D eigenvalue weighted by Crippen LogP contribution is -2.40. The number of nitrogens with zero attached hydrogens (tertiary/aromatic N) is 2. The van der Waals surface area contributed by atoms with Crippen LogP contribution in [-0.2, 0) is 4.79 Å². The number of amides is 1. The number of benzene rings is 1. The molecule has 0 radical (unpaired) electrons. The van der Waals surface area contributed by atoms with Gasteiger partial charge in [-0.1, -0.05) is 11.6 Å². The van der Waals surface area contributed by atoms with Gasteiger partial charge in [-0.3, -0.25) is 9.59 Å². The van der Waals surface area contributed by atoms with Gasteiger partial charge in [-0.25, -0.2) is 0 Å². The van der Waals surface area contributed by atoms with Crippen molar-refractivity contribution in [3.8, 4) is 5.69 Å². The summed E-state index contributed by atoms with van der Waals surface area (Å²) in [6.07, 6.45) is 1.02. The first kappa shape index (κ1) is 17.5. The quantitative estimate of drug-likeness (QED) is 0.908. The van der Waals surface area contributed by atoms with E-state index >= 15 is 0 Å². The Kier molecular flexibility index (Phi) is 4.86.